The maximum absolute atomic E-state index is 12.3. The second-order valence-electron chi connectivity index (χ2n) is 21.5. The number of sulfonamides is 6. The molecule has 0 amide bonds. The van der Waals surface area contributed by atoms with Crippen molar-refractivity contribution >= 4 is 132 Å². The molecule has 4 aliphatic heterocycles. The van der Waals surface area contributed by atoms with E-state index >= 15 is 0 Å². The molecule has 3 radical (unpaired) electrons. The standard InChI is InChI=1S/C16H15NO3S.C14H13NO2S.C8H11NO3S.C8H9NO3S.C8H9NO2S.C8H7NO2S.C7H9NO.B/c1-20-15-8-6-13(7-9-15)12-17-16-5-3-2-4-14(16)10-11-21(17,18)19;16-18(17)11-10-12-6-4-5-9-14(12)15(18)13-7-2-1-3-8-13;2*1-13(11,12)9-8-5-3-2-4-7(8)6-10;2*10-12(11)6-5-7-3-1-2-4-8(7)9-12;8-7-4-2-1-3-6(7)5-9;/h2-11H,12H2,1H3;1-9H,10-11H2;2-5,9-10H,6H2,1H3;2-6,9H,1H3;1-4,9H,5-6H2;1-6,9H;1-4,9H,5,8H2;. The van der Waals surface area contributed by atoms with Crippen molar-refractivity contribution in [2.75, 3.05) is 64.4 Å². The van der Waals surface area contributed by atoms with Crippen molar-refractivity contribution in [3.63, 3.8) is 0 Å². The number of ether oxygens (including phenoxy) is 1. The number of nitrogens with one attached hydrogen (secondary N) is 4. The van der Waals surface area contributed by atoms with Crippen LogP contribution in [0, 0.1) is 0 Å². The van der Waals surface area contributed by atoms with Gasteiger partial charge in [0.15, 0.2) is 6.29 Å². The van der Waals surface area contributed by atoms with Crippen LogP contribution in [0.5, 0.6) is 5.75 Å². The van der Waals surface area contributed by atoms with E-state index in [-0.39, 0.29) is 33.1 Å². The molecule has 8 N–H and O–H groups in total. The van der Waals surface area contributed by atoms with E-state index in [0.717, 1.165) is 68.4 Å². The number of hydrogen-bond donors (Lipinski definition) is 7. The smallest absolute Gasteiger partial charge is 0.257 e. The first-order valence-electron chi connectivity index (χ1n) is 29.6. The van der Waals surface area contributed by atoms with Crippen molar-refractivity contribution in [2.45, 2.75) is 32.6 Å². The first-order chi connectivity index (χ1) is 46.5. The number of anilines is 8. The number of nitrogen functional groups attached to an aromatic ring is 1. The van der Waals surface area contributed by atoms with Crippen LogP contribution in [-0.2, 0) is 92.7 Å². The summed E-state index contributed by atoms with van der Waals surface area (Å²) in [4.78, 5) is 10.5. The molecule has 0 saturated carbocycles. The summed E-state index contributed by atoms with van der Waals surface area (Å²) >= 11 is 0. The molecule has 99 heavy (non-hydrogen) atoms. The van der Waals surface area contributed by atoms with Crippen molar-refractivity contribution in [1.29, 1.82) is 0 Å². The lowest BCUT2D eigenvalue weighted by Gasteiger charge is -2.30. The van der Waals surface area contributed by atoms with E-state index in [1.165, 1.54) is 20.1 Å². The van der Waals surface area contributed by atoms with E-state index < -0.39 is 60.1 Å². The van der Waals surface area contributed by atoms with Crippen LogP contribution in [0.1, 0.15) is 49.3 Å². The van der Waals surface area contributed by atoms with Crippen LogP contribution >= 0.6 is 0 Å². The zero-order valence-corrected chi connectivity index (χ0v) is 58.7. The number of aryl methyl sites for hydroxylation is 2. The van der Waals surface area contributed by atoms with Gasteiger partial charge in [-0.25, -0.2) is 54.8 Å². The van der Waals surface area contributed by atoms with Crippen LogP contribution in [0.4, 0.5) is 45.5 Å². The molecule has 0 fully saturated rings. The highest BCUT2D eigenvalue weighted by Crippen LogP contribution is 2.36. The fourth-order valence-corrected chi connectivity index (χ4v) is 15.5. The van der Waals surface area contributed by atoms with Crippen LogP contribution in [0.2, 0.25) is 0 Å². The molecule has 0 bridgehead atoms. The third-order valence-electron chi connectivity index (χ3n) is 14.2. The largest absolute Gasteiger partial charge is 0.497 e. The first kappa shape index (κ1) is 78.2. The van der Waals surface area contributed by atoms with Crippen LogP contribution in [0.25, 0.3) is 12.2 Å². The summed E-state index contributed by atoms with van der Waals surface area (Å²) in [6.07, 6.45) is 7.13. The molecule has 0 saturated heterocycles. The van der Waals surface area contributed by atoms with E-state index in [1.807, 2.05) is 146 Å². The molecule has 23 nitrogen and oxygen atoms in total. The monoisotopic (exact) mass is 1460 g/mol. The topological polar surface area (TPSA) is 352 Å². The van der Waals surface area contributed by atoms with E-state index in [1.54, 1.807) is 92.1 Å². The molecular formula is C69H73BN7O16S6. The molecule has 0 atom stereocenters. The summed E-state index contributed by atoms with van der Waals surface area (Å²) in [7, 11) is -17.9. The number of nitrogens with zero attached hydrogens (tertiary/aromatic N) is 2. The van der Waals surface area contributed by atoms with Crippen molar-refractivity contribution in [3.05, 3.63) is 280 Å². The lowest BCUT2D eigenvalue weighted by atomic mass is 10.1. The Labute approximate surface area is 581 Å². The van der Waals surface area contributed by atoms with Gasteiger partial charge < -0.3 is 20.7 Å². The third-order valence-corrected chi connectivity index (χ3v) is 20.7. The normalized spacial score (nSPS) is 14.7. The number of aldehydes is 1. The lowest BCUT2D eigenvalue weighted by molar-refractivity contribution is 0.112. The molecule has 0 aromatic heterocycles. The third kappa shape index (κ3) is 24.0. The predicted molar refractivity (Wildman–Crippen MR) is 395 cm³/mol. The Morgan fingerprint density at radius 3 is 1.66 bits per heavy atom. The second kappa shape index (κ2) is 35.6. The fraction of sp³-hybridized carbons (Fsp3) is 0.145. The minimum Gasteiger partial charge on any atom is -0.497 e. The Morgan fingerprint density at radius 2 is 1.04 bits per heavy atom. The van der Waals surface area contributed by atoms with Gasteiger partial charge in [0.25, 0.3) is 20.0 Å². The summed E-state index contributed by atoms with van der Waals surface area (Å²) in [6, 6.07) is 66.8. The molecule has 519 valence electrons. The van der Waals surface area contributed by atoms with E-state index in [0.29, 0.717) is 70.9 Å². The van der Waals surface area contributed by atoms with Gasteiger partial charge in [0.2, 0.25) is 40.1 Å². The Hall–Kier alpha value is -9.79. The molecule has 4 heterocycles. The highest BCUT2D eigenvalue weighted by atomic mass is 32.2. The number of aliphatic hydroxyl groups is 2. The van der Waals surface area contributed by atoms with Crippen LogP contribution in [0.15, 0.2) is 235 Å². The van der Waals surface area contributed by atoms with E-state index in [4.69, 9.17) is 20.7 Å². The number of para-hydroxylation sites is 8. The number of carbonyl (C=O) groups is 1. The summed E-state index contributed by atoms with van der Waals surface area (Å²) < 4.78 is 154. The summed E-state index contributed by atoms with van der Waals surface area (Å²) in [5.41, 5.74) is 16.9. The Bertz CT molecular complexity index is 5000. The maximum Gasteiger partial charge on any atom is 0.257 e. The van der Waals surface area contributed by atoms with Gasteiger partial charge in [-0.05, 0) is 126 Å². The van der Waals surface area contributed by atoms with Crippen molar-refractivity contribution < 1.29 is 70.3 Å². The van der Waals surface area contributed by atoms with Crippen molar-refractivity contribution in [2.24, 2.45) is 0 Å². The van der Waals surface area contributed by atoms with Gasteiger partial charge in [0.05, 0.1) is 102 Å². The molecule has 30 heteroatoms. The van der Waals surface area contributed by atoms with Gasteiger partial charge in [-0.1, -0.05) is 152 Å². The average Bonchev–Trinajstić information content (AvgIpc) is 0.742. The number of nitrogens with two attached hydrogens (primary N) is 1. The molecule has 13 rings (SSSR count). The van der Waals surface area contributed by atoms with Crippen LogP contribution in [-0.4, -0.2) is 107 Å². The number of hydrogen-bond acceptors (Lipinski definition) is 17. The summed E-state index contributed by atoms with van der Waals surface area (Å²) in [5.74, 6) is 1.11. The zero-order chi connectivity index (χ0) is 71.2. The first-order valence-corrected chi connectivity index (χ1v) is 39.7. The summed E-state index contributed by atoms with van der Waals surface area (Å²) in [6.45, 7) is 0.138. The minimum absolute atomic E-state index is 0. The van der Waals surface area contributed by atoms with Gasteiger partial charge in [-0.15, -0.1) is 0 Å². The minimum atomic E-state index is -3.43. The Morgan fingerprint density at radius 1 is 0.535 bits per heavy atom. The van der Waals surface area contributed by atoms with Crippen LogP contribution in [0.3, 0.4) is 0 Å². The van der Waals surface area contributed by atoms with E-state index in [2.05, 4.69) is 18.9 Å². The van der Waals surface area contributed by atoms with Crippen molar-refractivity contribution in [1.82, 2.24) is 0 Å². The summed E-state index contributed by atoms with van der Waals surface area (Å²) in [5, 5.41) is 19.9. The van der Waals surface area contributed by atoms with Gasteiger partial charge in [-0.3, -0.25) is 28.0 Å². The number of methoxy groups -OCH3 is 1. The molecule has 4 aliphatic rings. The number of rotatable bonds is 11. The predicted octanol–water partition coefficient (Wildman–Crippen LogP) is 9.92. The second-order valence-corrected chi connectivity index (χ2v) is 32.1. The highest BCUT2D eigenvalue weighted by molar-refractivity contribution is 7.96. The number of aliphatic hydroxyl groups excluding tert-OH is 2. The van der Waals surface area contributed by atoms with Gasteiger partial charge in [-0.2, -0.15) is 0 Å². The molecule has 0 unspecified atom stereocenters. The Kier molecular flexibility index (Phi) is 28.2. The molecule has 0 spiro atoms. The lowest BCUT2D eigenvalue weighted by Crippen LogP contribution is -2.33. The molecular weight excluding hydrogens is 1390 g/mol. The Balaban J connectivity index is 0.000000185. The van der Waals surface area contributed by atoms with Gasteiger partial charge >= 0.3 is 0 Å². The van der Waals surface area contributed by atoms with Crippen LogP contribution < -0.4 is 38.0 Å². The van der Waals surface area contributed by atoms with E-state index in [9.17, 15) is 55.3 Å². The fourth-order valence-electron chi connectivity index (χ4n) is 9.48. The maximum atomic E-state index is 12.3. The SMILES string of the molecule is COc1ccc(CN2c3ccccc3C=CS2(=O)=O)cc1.CS(=O)(=O)Nc1ccccc1C=O.CS(=O)(=O)Nc1ccccc1CO.Nc1ccccc1CO.O=S1(=O)C=Cc2ccccc2N1.O=S1(=O)CCc2ccccc2N1.O=S1(=O)CCc2ccccc2N1c1ccccc1.[B]. The quantitative estimate of drug-likeness (QED) is 0.0359. The molecule has 9 aromatic rings. The van der Waals surface area contributed by atoms with Gasteiger partial charge in [0.1, 0.15) is 5.75 Å². The number of fused-ring (bicyclic) bond motifs is 4. The van der Waals surface area contributed by atoms with Crippen molar-refractivity contribution in [3.8, 4) is 5.75 Å². The molecule has 9 aromatic carbocycles. The van der Waals surface area contributed by atoms with Gasteiger partial charge in [0, 0.05) is 30.8 Å². The average molecular weight is 1460 g/mol. The zero-order valence-electron chi connectivity index (χ0n) is 53.8. The number of carbonyl (C=O) groups excluding carboxylic acids is 1. The number of benzene rings is 9. The highest BCUT2D eigenvalue weighted by Gasteiger charge is 2.31. The molecule has 0 aliphatic carbocycles.